The summed E-state index contributed by atoms with van der Waals surface area (Å²) in [6.45, 7) is 3.33. The number of nitrogens with one attached hydrogen (secondary N) is 1. The molecule has 0 aromatic heterocycles. The van der Waals surface area contributed by atoms with Crippen LogP contribution in [0.1, 0.15) is 53.2 Å². The fraction of sp³-hybridized carbons (Fsp3) is 0.458. The molecular weight excluding hydrogens is 367 g/mol. The van der Waals surface area contributed by atoms with Gasteiger partial charge in [0.25, 0.3) is 5.91 Å². The fourth-order valence-corrected chi connectivity index (χ4v) is 5.38. The highest BCUT2D eigenvalue weighted by Gasteiger charge is 2.56. The van der Waals surface area contributed by atoms with Gasteiger partial charge in [-0.05, 0) is 61.9 Å². The third kappa shape index (κ3) is 3.69. The van der Waals surface area contributed by atoms with Gasteiger partial charge >= 0.3 is 0 Å². The molecule has 5 heteroatoms. The van der Waals surface area contributed by atoms with Gasteiger partial charge in [0.05, 0.1) is 12.6 Å². The molecule has 29 heavy (non-hydrogen) atoms. The molecule has 1 unspecified atom stereocenters. The molecule has 2 fully saturated rings. The number of fused-ring (bicyclic) bond motifs is 2. The second-order valence-corrected chi connectivity index (χ2v) is 8.30. The largest absolute Gasteiger partial charge is 0.383 e. The van der Waals surface area contributed by atoms with Gasteiger partial charge in [-0.3, -0.25) is 9.69 Å². The Morgan fingerprint density at radius 2 is 1.97 bits per heavy atom. The van der Waals surface area contributed by atoms with E-state index < -0.39 is 0 Å². The van der Waals surface area contributed by atoms with E-state index in [9.17, 15) is 9.18 Å². The van der Waals surface area contributed by atoms with E-state index in [0.717, 1.165) is 37.8 Å². The Bertz CT molecular complexity index is 862. The van der Waals surface area contributed by atoms with E-state index in [0.29, 0.717) is 23.8 Å². The second-order valence-electron chi connectivity index (χ2n) is 8.30. The maximum absolute atomic E-state index is 13.5. The topological polar surface area (TPSA) is 41.6 Å². The first-order valence-corrected chi connectivity index (χ1v) is 10.4. The molecule has 2 saturated heterocycles. The number of aryl methyl sites for hydroxylation is 1. The van der Waals surface area contributed by atoms with Crippen LogP contribution < -0.4 is 5.32 Å². The summed E-state index contributed by atoms with van der Waals surface area (Å²) in [7, 11) is 1.73. The number of amides is 1. The lowest BCUT2D eigenvalue weighted by atomic mass is 9.78. The molecule has 0 spiro atoms. The van der Waals surface area contributed by atoms with Gasteiger partial charge in [-0.25, -0.2) is 4.39 Å². The molecule has 2 aromatic rings. The van der Waals surface area contributed by atoms with Crippen LogP contribution in [0, 0.1) is 12.7 Å². The van der Waals surface area contributed by atoms with Gasteiger partial charge in [0, 0.05) is 30.8 Å². The monoisotopic (exact) mass is 396 g/mol. The Kier molecular flexibility index (Phi) is 5.70. The predicted octanol–water partition coefficient (Wildman–Crippen LogP) is 4.25. The zero-order valence-electron chi connectivity index (χ0n) is 17.2. The van der Waals surface area contributed by atoms with Crippen molar-refractivity contribution < 1.29 is 13.9 Å². The van der Waals surface area contributed by atoms with E-state index >= 15 is 0 Å². The Labute approximate surface area is 172 Å². The summed E-state index contributed by atoms with van der Waals surface area (Å²) in [5, 5.41) is 3.33. The third-order valence-corrected chi connectivity index (χ3v) is 6.75. The van der Waals surface area contributed by atoms with Crippen molar-refractivity contribution in [2.45, 2.75) is 50.2 Å². The Morgan fingerprint density at radius 3 is 2.62 bits per heavy atom. The van der Waals surface area contributed by atoms with E-state index in [1.165, 1.54) is 12.1 Å². The minimum absolute atomic E-state index is 0.103. The standard InChI is InChI=1S/C24H29FN2O2/c1-17-16-19(25)8-9-21(17)23(28)26-22(18-6-4-3-5-7-18)24-12-10-20(11-13-24)27(24)14-15-29-2/h3-9,16,20,22H,10-15H2,1-2H3,(H,26,28). The predicted molar refractivity (Wildman–Crippen MR) is 111 cm³/mol. The number of halogens is 1. The van der Waals surface area contributed by atoms with Crippen LogP contribution in [0.25, 0.3) is 0 Å². The first kappa shape index (κ1) is 20.0. The summed E-state index contributed by atoms with van der Waals surface area (Å²) in [5.41, 5.74) is 2.19. The quantitative estimate of drug-likeness (QED) is 0.761. The van der Waals surface area contributed by atoms with E-state index in [1.807, 2.05) is 18.2 Å². The van der Waals surface area contributed by atoms with Crippen LogP contribution in [0.4, 0.5) is 4.39 Å². The third-order valence-electron chi connectivity index (χ3n) is 6.75. The highest BCUT2D eigenvalue weighted by atomic mass is 19.1. The Hall–Kier alpha value is -2.24. The van der Waals surface area contributed by atoms with Crippen LogP contribution in [0.5, 0.6) is 0 Å². The van der Waals surface area contributed by atoms with Crippen LogP contribution in [-0.2, 0) is 4.74 Å². The lowest BCUT2D eigenvalue weighted by molar-refractivity contribution is 0.0638. The van der Waals surface area contributed by atoms with Gasteiger partial charge in [-0.15, -0.1) is 0 Å². The summed E-state index contributed by atoms with van der Waals surface area (Å²) >= 11 is 0. The number of hydrogen-bond donors (Lipinski definition) is 1. The maximum Gasteiger partial charge on any atom is 0.252 e. The number of nitrogens with zero attached hydrogens (tertiary/aromatic N) is 1. The van der Waals surface area contributed by atoms with Crippen molar-refractivity contribution in [2.24, 2.45) is 0 Å². The van der Waals surface area contributed by atoms with Crippen molar-refractivity contribution in [2.75, 3.05) is 20.3 Å². The smallest absolute Gasteiger partial charge is 0.252 e. The fourth-order valence-electron chi connectivity index (χ4n) is 5.38. The molecule has 1 amide bonds. The van der Waals surface area contributed by atoms with Gasteiger partial charge in [-0.1, -0.05) is 30.3 Å². The average Bonchev–Trinajstić information content (AvgIpc) is 3.26. The molecule has 1 atom stereocenters. The van der Waals surface area contributed by atoms with Gasteiger partial charge in [-0.2, -0.15) is 0 Å². The van der Waals surface area contributed by atoms with Crippen molar-refractivity contribution in [1.29, 1.82) is 0 Å². The zero-order valence-corrected chi connectivity index (χ0v) is 17.2. The molecule has 154 valence electrons. The highest BCUT2D eigenvalue weighted by Crippen LogP contribution is 2.52. The molecule has 0 aliphatic carbocycles. The van der Waals surface area contributed by atoms with Gasteiger partial charge in [0.1, 0.15) is 5.82 Å². The number of hydrogen-bond acceptors (Lipinski definition) is 3. The van der Waals surface area contributed by atoms with E-state index in [4.69, 9.17) is 4.74 Å². The van der Waals surface area contributed by atoms with Crippen LogP contribution >= 0.6 is 0 Å². The molecule has 4 nitrogen and oxygen atoms in total. The molecule has 2 aliphatic heterocycles. The summed E-state index contributed by atoms with van der Waals surface area (Å²) in [4.78, 5) is 15.8. The number of methoxy groups -OCH3 is 1. The zero-order chi connectivity index (χ0) is 20.4. The van der Waals surface area contributed by atoms with Crippen LogP contribution in [-0.4, -0.2) is 42.6 Å². The number of benzene rings is 2. The van der Waals surface area contributed by atoms with Gasteiger partial charge in [0.2, 0.25) is 0 Å². The first-order valence-electron chi connectivity index (χ1n) is 10.4. The highest BCUT2D eigenvalue weighted by molar-refractivity contribution is 5.96. The molecule has 0 radical (unpaired) electrons. The van der Waals surface area contributed by atoms with Crippen LogP contribution in [0.3, 0.4) is 0 Å². The lowest BCUT2D eigenvalue weighted by Gasteiger charge is -2.42. The molecule has 2 aliphatic rings. The van der Waals surface area contributed by atoms with E-state index in [2.05, 4.69) is 22.3 Å². The van der Waals surface area contributed by atoms with Crippen molar-refractivity contribution in [3.63, 3.8) is 0 Å². The second kappa shape index (κ2) is 8.25. The average molecular weight is 397 g/mol. The molecule has 2 aromatic carbocycles. The number of carbonyl (C=O) groups is 1. The molecule has 1 N–H and O–H groups in total. The Balaban J connectivity index is 1.68. The molecule has 2 heterocycles. The summed E-state index contributed by atoms with van der Waals surface area (Å²) < 4.78 is 18.9. The number of ether oxygens (including phenoxy) is 1. The molecule has 4 rings (SSSR count). The Morgan fingerprint density at radius 1 is 1.24 bits per heavy atom. The summed E-state index contributed by atoms with van der Waals surface area (Å²) in [6.07, 6.45) is 4.42. The lowest BCUT2D eigenvalue weighted by Crippen LogP contribution is -2.53. The van der Waals surface area contributed by atoms with E-state index in [-0.39, 0.29) is 23.3 Å². The maximum atomic E-state index is 13.5. The van der Waals surface area contributed by atoms with Crippen LogP contribution in [0.2, 0.25) is 0 Å². The van der Waals surface area contributed by atoms with Crippen molar-refractivity contribution in [1.82, 2.24) is 10.2 Å². The SMILES string of the molecule is COCCN1C2CCC1(C(NC(=O)c1ccc(F)cc1C)c1ccccc1)CC2. The van der Waals surface area contributed by atoms with E-state index in [1.54, 1.807) is 20.1 Å². The minimum Gasteiger partial charge on any atom is -0.383 e. The van der Waals surface area contributed by atoms with Crippen LogP contribution in [0.15, 0.2) is 48.5 Å². The number of carbonyl (C=O) groups excluding carboxylic acids is 1. The minimum atomic E-state index is -0.322. The summed E-state index contributed by atoms with van der Waals surface area (Å²) in [5.74, 6) is -0.467. The normalized spacial score (nSPS) is 24.6. The summed E-state index contributed by atoms with van der Waals surface area (Å²) in [6, 6.07) is 15.0. The van der Waals surface area contributed by atoms with Gasteiger partial charge in [0.15, 0.2) is 0 Å². The number of rotatable bonds is 7. The molecule has 0 saturated carbocycles. The molecule has 2 bridgehead atoms. The van der Waals surface area contributed by atoms with Crippen molar-refractivity contribution in [3.05, 3.63) is 71.0 Å². The van der Waals surface area contributed by atoms with Crippen molar-refractivity contribution >= 4 is 5.91 Å². The van der Waals surface area contributed by atoms with Crippen molar-refractivity contribution in [3.8, 4) is 0 Å². The first-order chi connectivity index (χ1) is 14.0. The van der Waals surface area contributed by atoms with Gasteiger partial charge < -0.3 is 10.1 Å². The molecular formula is C24H29FN2O2.